The highest BCUT2D eigenvalue weighted by molar-refractivity contribution is 5.66. The second-order valence-corrected chi connectivity index (χ2v) is 3.80. The van der Waals surface area contributed by atoms with Crippen molar-refractivity contribution in [3.05, 3.63) is 29.8 Å². The number of carboxylic acid groups (broad SMARTS) is 1. The molecule has 1 aromatic carbocycles. The average molecular weight is 206 g/mol. The molecule has 0 saturated carbocycles. The molecule has 0 fully saturated rings. The van der Waals surface area contributed by atoms with Crippen molar-refractivity contribution in [3.8, 4) is 5.75 Å². The number of carboxylic acids is 1. The fraction of sp³-hybridized carbons (Fsp3) is 0.417. The number of fused-ring (bicyclic) bond motifs is 1. The molecule has 0 amide bonds. The van der Waals surface area contributed by atoms with E-state index in [0.717, 1.165) is 17.7 Å². The lowest BCUT2D eigenvalue weighted by Crippen LogP contribution is -2.15. The van der Waals surface area contributed by atoms with Crippen molar-refractivity contribution in [3.63, 3.8) is 0 Å². The predicted molar refractivity (Wildman–Crippen MR) is 56.2 cm³/mol. The molecular formula is C12H14O3. The molecule has 0 bridgehead atoms. The zero-order valence-electron chi connectivity index (χ0n) is 8.48. The third kappa shape index (κ3) is 2.29. The van der Waals surface area contributed by atoms with Gasteiger partial charge in [-0.15, -0.1) is 0 Å². The standard InChI is InChI=1S/C12H14O3/c13-12(14)6-5-9-7-8-15-11-4-2-1-3-10(9)11/h1-4,9H,5-8H2,(H,13,14). The van der Waals surface area contributed by atoms with Crippen LogP contribution in [0, 0.1) is 0 Å². The quantitative estimate of drug-likeness (QED) is 0.826. The number of benzene rings is 1. The maximum absolute atomic E-state index is 10.5. The van der Waals surface area contributed by atoms with E-state index in [9.17, 15) is 4.79 Å². The molecule has 1 heterocycles. The van der Waals surface area contributed by atoms with Crippen molar-refractivity contribution >= 4 is 5.97 Å². The zero-order chi connectivity index (χ0) is 10.7. The lowest BCUT2D eigenvalue weighted by molar-refractivity contribution is -0.137. The summed E-state index contributed by atoms with van der Waals surface area (Å²) in [5.74, 6) is 0.532. The Morgan fingerprint density at radius 2 is 2.27 bits per heavy atom. The van der Waals surface area contributed by atoms with Gasteiger partial charge in [-0.3, -0.25) is 4.79 Å². The molecule has 1 unspecified atom stereocenters. The Bertz CT molecular complexity index is 360. The highest BCUT2D eigenvalue weighted by Gasteiger charge is 2.21. The summed E-state index contributed by atoms with van der Waals surface area (Å²) >= 11 is 0. The Balaban J connectivity index is 2.11. The molecule has 3 heteroatoms. The van der Waals surface area contributed by atoms with Crippen molar-refractivity contribution in [1.82, 2.24) is 0 Å². The third-order valence-electron chi connectivity index (χ3n) is 2.79. The number of hydrogen-bond acceptors (Lipinski definition) is 2. The van der Waals surface area contributed by atoms with Crippen LogP contribution in [0.1, 0.15) is 30.7 Å². The van der Waals surface area contributed by atoms with Gasteiger partial charge in [0, 0.05) is 6.42 Å². The lowest BCUT2D eigenvalue weighted by Gasteiger charge is -2.25. The van der Waals surface area contributed by atoms with Crippen LogP contribution in [-0.4, -0.2) is 17.7 Å². The largest absolute Gasteiger partial charge is 0.493 e. The Morgan fingerprint density at radius 3 is 3.07 bits per heavy atom. The van der Waals surface area contributed by atoms with E-state index in [0.29, 0.717) is 18.9 Å². The first-order valence-electron chi connectivity index (χ1n) is 5.21. The fourth-order valence-corrected chi connectivity index (χ4v) is 2.01. The van der Waals surface area contributed by atoms with Gasteiger partial charge in [-0.1, -0.05) is 18.2 Å². The van der Waals surface area contributed by atoms with Crippen LogP contribution in [0.15, 0.2) is 24.3 Å². The maximum atomic E-state index is 10.5. The van der Waals surface area contributed by atoms with Crippen molar-refractivity contribution in [2.75, 3.05) is 6.61 Å². The highest BCUT2D eigenvalue weighted by atomic mass is 16.5. The molecule has 2 rings (SSSR count). The van der Waals surface area contributed by atoms with E-state index < -0.39 is 5.97 Å². The summed E-state index contributed by atoms with van der Waals surface area (Å²) in [6, 6.07) is 7.89. The van der Waals surface area contributed by atoms with Crippen LogP contribution in [0.3, 0.4) is 0 Å². The van der Waals surface area contributed by atoms with Gasteiger partial charge < -0.3 is 9.84 Å². The van der Waals surface area contributed by atoms with Crippen LogP contribution < -0.4 is 4.74 Å². The molecule has 80 valence electrons. The topological polar surface area (TPSA) is 46.5 Å². The van der Waals surface area contributed by atoms with Gasteiger partial charge in [0.15, 0.2) is 0 Å². The van der Waals surface area contributed by atoms with Crippen molar-refractivity contribution in [2.24, 2.45) is 0 Å². The number of aliphatic carboxylic acids is 1. The molecule has 1 aromatic rings. The Hall–Kier alpha value is -1.51. The number of carbonyl (C=O) groups is 1. The number of rotatable bonds is 3. The van der Waals surface area contributed by atoms with Crippen molar-refractivity contribution in [2.45, 2.75) is 25.2 Å². The second kappa shape index (κ2) is 4.34. The molecule has 1 atom stereocenters. The van der Waals surface area contributed by atoms with E-state index in [1.165, 1.54) is 0 Å². The Kier molecular flexibility index (Phi) is 2.90. The summed E-state index contributed by atoms with van der Waals surface area (Å²) in [6.07, 6.45) is 1.86. The molecule has 15 heavy (non-hydrogen) atoms. The minimum Gasteiger partial charge on any atom is -0.493 e. The van der Waals surface area contributed by atoms with Gasteiger partial charge in [-0.25, -0.2) is 0 Å². The van der Waals surface area contributed by atoms with Crippen LogP contribution in [-0.2, 0) is 4.79 Å². The molecule has 3 nitrogen and oxygen atoms in total. The predicted octanol–water partition coefficient (Wildman–Crippen LogP) is 2.42. The summed E-state index contributed by atoms with van der Waals surface area (Å²) in [5.41, 5.74) is 1.16. The SMILES string of the molecule is O=C(O)CCC1CCOc2ccccc21. The van der Waals surface area contributed by atoms with Gasteiger partial charge in [0.2, 0.25) is 0 Å². The minimum absolute atomic E-state index is 0.235. The summed E-state index contributed by atoms with van der Waals surface area (Å²) in [6.45, 7) is 0.696. The second-order valence-electron chi connectivity index (χ2n) is 3.80. The van der Waals surface area contributed by atoms with Gasteiger partial charge >= 0.3 is 5.97 Å². The smallest absolute Gasteiger partial charge is 0.303 e. The van der Waals surface area contributed by atoms with Gasteiger partial charge in [0.25, 0.3) is 0 Å². The maximum Gasteiger partial charge on any atom is 0.303 e. The monoisotopic (exact) mass is 206 g/mol. The van der Waals surface area contributed by atoms with E-state index in [-0.39, 0.29) is 6.42 Å². The molecule has 0 saturated heterocycles. The molecule has 1 aliphatic heterocycles. The van der Waals surface area contributed by atoms with Crippen LogP contribution >= 0.6 is 0 Å². The van der Waals surface area contributed by atoms with E-state index in [1.807, 2.05) is 24.3 Å². The van der Waals surface area contributed by atoms with Gasteiger partial charge in [-0.2, -0.15) is 0 Å². The first-order chi connectivity index (χ1) is 7.27. The average Bonchev–Trinajstić information content (AvgIpc) is 2.26. The number of ether oxygens (including phenoxy) is 1. The molecule has 1 N–H and O–H groups in total. The van der Waals surface area contributed by atoms with E-state index in [2.05, 4.69) is 0 Å². The number of para-hydroxylation sites is 1. The first-order valence-corrected chi connectivity index (χ1v) is 5.21. The molecular weight excluding hydrogens is 192 g/mol. The van der Waals surface area contributed by atoms with E-state index in [4.69, 9.17) is 9.84 Å². The van der Waals surface area contributed by atoms with Crippen LogP contribution in [0.4, 0.5) is 0 Å². The van der Waals surface area contributed by atoms with Gasteiger partial charge in [-0.05, 0) is 30.4 Å². The minimum atomic E-state index is -0.723. The summed E-state index contributed by atoms with van der Waals surface area (Å²) in [4.78, 5) is 10.5. The Labute approximate surface area is 88.7 Å². The Morgan fingerprint density at radius 1 is 1.47 bits per heavy atom. The van der Waals surface area contributed by atoms with Crippen LogP contribution in [0.5, 0.6) is 5.75 Å². The van der Waals surface area contributed by atoms with Gasteiger partial charge in [0.1, 0.15) is 5.75 Å². The highest BCUT2D eigenvalue weighted by Crippen LogP contribution is 2.35. The summed E-state index contributed by atoms with van der Waals surface area (Å²) in [7, 11) is 0. The van der Waals surface area contributed by atoms with E-state index >= 15 is 0 Å². The van der Waals surface area contributed by atoms with Gasteiger partial charge in [0.05, 0.1) is 6.61 Å². The number of hydrogen-bond donors (Lipinski definition) is 1. The van der Waals surface area contributed by atoms with Crippen molar-refractivity contribution in [1.29, 1.82) is 0 Å². The summed E-state index contributed by atoms with van der Waals surface area (Å²) < 4.78 is 5.51. The van der Waals surface area contributed by atoms with Crippen molar-refractivity contribution < 1.29 is 14.6 Å². The molecule has 0 aromatic heterocycles. The van der Waals surface area contributed by atoms with Crippen LogP contribution in [0.25, 0.3) is 0 Å². The molecule has 0 aliphatic carbocycles. The molecule has 0 spiro atoms. The first kappa shape index (κ1) is 10.0. The van der Waals surface area contributed by atoms with E-state index in [1.54, 1.807) is 0 Å². The lowest BCUT2D eigenvalue weighted by atomic mass is 9.89. The third-order valence-corrected chi connectivity index (χ3v) is 2.79. The fourth-order valence-electron chi connectivity index (χ4n) is 2.01. The summed E-state index contributed by atoms with van der Waals surface area (Å²) in [5, 5.41) is 8.66. The molecule has 1 aliphatic rings. The zero-order valence-corrected chi connectivity index (χ0v) is 8.48. The van der Waals surface area contributed by atoms with Crippen LogP contribution in [0.2, 0.25) is 0 Å². The molecule has 0 radical (unpaired) electrons. The normalized spacial score (nSPS) is 19.1.